The number of para-hydroxylation sites is 1. The van der Waals surface area contributed by atoms with Gasteiger partial charge in [-0.05, 0) is 47.0 Å². The molecule has 6 heteroatoms. The van der Waals surface area contributed by atoms with Gasteiger partial charge in [0.1, 0.15) is 5.92 Å². The summed E-state index contributed by atoms with van der Waals surface area (Å²) in [6, 6.07) is 24.7. The van der Waals surface area contributed by atoms with Gasteiger partial charge < -0.3 is 10.3 Å². The van der Waals surface area contributed by atoms with Gasteiger partial charge in [0.2, 0.25) is 5.91 Å². The van der Waals surface area contributed by atoms with Crippen LogP contribution in [0.4, 0.5) is 11.4 Å². The molecule has 1 unspecified atom stereocenters. The highest BCUT2D eigenvalue weighted by atomic mass is 16.2. The van der Waals surface area contributed by atoms with Gasteiger partial charge in [0, 0.05) is 5.69 Å². The van der Waals surface area contributed by atoms with Gasteiger partial charge in [-0.25, -0.2) is 4.98 Å². The molecule has 31 heavy (non-hydrogen) atoms. The Balaban J connectivity index is 1.62. The van der Waals surface area contributed by atoms with Gasteiger partial charge in [0.15, 0.2) is 0 Å². The Morgan fingerprint density at radius 1 is 1.03 bits per heavy atom. The topological polar surface area (TPSA) is 93.9 Å². The second-order valence-corrected chi connectivity index (χ2v) is 7.21. The smallest absolute Gasteiger partial charge is 0.238 e. The largest absolute Gasteiger partial charge is 0.345 e. The zero-order chi connectivity index (χ0) is 21.2. The molecule has 3 aromatic carbocycles. The first-order valence-electron chi connectivity index (χ1n) is 9.80. The molecule has 6 nitrogen and oxygen atoms in total. The molecular weight excluding hydrogens is 386 g/mol. The Labute approximate surface area is 178 Å². The number of hydrogen-bond donors (Lipinski definition) is 2. The Hall–Kier alpha value is -4.50. The second kappa shape index (κ2) is 7.73. The molecule has 2 heterocycles. The standard InChI is InChI=1S/C25H17N5O/c26-13-16-4-3-5-18(12-16)24(23-20-6-1-2-7-21(20)30-25(23)31)29-19-10-8-17(9-11-19)22-14-27-15-28-22/h1-12,14-15,23H,(H,27,28)(H,30,31). The lowest BCUT2D eigenvalue weighted by atomic mass is 9.90. The Bertz CT molecular complexity index is 1330. The summed E-state index contributed by atoms with van der Waals surface area (Å²) in [6.45, 7) is 0. The van der Waals surface area contributed by atoms with Crippen molar-refractivity contribution in [3.63, 3.8) is 0 Å². The van der Waals surface area contributed by atoms with Crippen molar-refractivity contribution in [1.82, 2.24) is 9.97 Å². The van der Waals surface area contributed by atoms with E-state index in [2.05, 4.69) is 21.4 Å². The summed E-state index contributed by atoms with van der Waals surface area (Å²) in [5, 5.41) is 12.3. The van der Waals surface area contributed by atoms with Crippen molar-refractivity contribution in [2.24, 2.45) is 4.99 Å². The van der Waals surface area contributed by atoms with Gasteiger partial charge in [0.05, 0.1) is 41.2 Å². The van der Waals surface area contributed by atoms with E-state index in [1.54, 1.807) is 24.7 Å². The number of nitrogens with one attached hydrogen (secondary N) is 2. The molecule has 5 rings (SSSR count). The number of imidazole rings is 1. The summed E-state index contributed by atoms with van der Waals surface area (Å²) in [7, 11) is 0. The first-order valence-corrected chi connectivity index (χ1v) is 9.80. The molecule has 1 aliphatic heterocycles. The Morgan fingerprint density at radius 3 is 2.65 bits per heavy atom. The number of carbonyl (C=O) groups excluding carboxylic acids is 1. The predicted octanol–water partition coefficient (Wildman–Crippen LogP) is 4.81. The maximum Gasteiger partial charge on any atom is 0.238 e. The van der Waals surface area contributed by atoms with E-state index >= 15 is 0 Å². The summed E-state index contributed by atoms with van der Waals surface area (Å²) in [5.41, 5.74) is 6.17. The van der Waals surface area contributed by atoms with Gasteiger partial charge in [-0.2, -0.15) is 5.26 Å². The lowest BCUT2D eigenvalue weighted by Crippen LogP contribution is -2.22. The van der Waals surface area contributed by atoms with Crippen LogP contribution in [0.5, 0.6) is 0 Å². The van der Waals surface area contributed by atoms with Crippen molar-refractivity contribution in [3.8, 4) is 17.3 Å². The summed E-state index contributed by atoms with van der Waals surface area (Å²) in [6.07, 6.45) is 3.40. The van der Waals surface area contributed by atoms with Crippen molar-refractivity contribution in [1.29, 1.82) is 5.26 Å². The number of hydrogen-bond acceptors (Lipinski definition) is 4. The molecule has 0 aliphatic carbocycles. The average molecular weight is 403 g/mol. The van der Waals surface area contributed by atoms with Crippen LogP contribution in [0.2, 0.25) is 0 Å². The van der Waals surface area contributed by atoms with Crippen LogP contribution in [0.1, 0.15) is 22.6 Å². The lowest BCUT2D eigenvalue weighted by Gasteiger charge is -2.14. The zero-order valence-corrected chi connectivity index (χ0v) is 16.4. The van der Waals surface area contributed by atoms with Gasteiger partial charge >= 0.3 is 0 Å². The first-order chi connectivity index (χ1) is 15.2. The molecular formula is C25H17N5O. The SMILES string of the molecule is N#Cc1cccc(C(=Nc2ccc(-c3cnc[nH]3)cc2)C2C(=O)Nc3ccccc32)c1. The third-order valence-electron chi connectivity index (χ3n) is 5.28. The van der Waals surface area contributed by atoms with Gasteiger partial charge in [-0.15, -0.1) is 0 Å². The zero-order valence-electron chi connectivity index (χ0n) is 16.4. The lowest BCUT2D eigenvalue weighted by molar-refractivity contribution is -0.115. The third kappa shape index (κ3) is 3.49. The molecule has 0 saturated carbocycles. The fourth-order valence-electron chi connectivity index (χ4n) is 3.79. The first kappa shape index (κ1) is 18.5. The molecule has 0 radical (unpaired) electrons. The van der Waals surface area contributed by atoms with E-state index in [4.69, 9.17) is 4.99 Å². The quantitative estimate of drug-likeness (QED) is 0.479. The number of aromatic nitrogens is 2. The fourth-order valence-corrected chi connectivity index (χ4v) is 3.79. The van der Waals surface area contributed by atoms with Crippen molar-refractivity contribution in [3.05, 3.63) is 102 Å². The van der Waals surface area contributed by atoms with Crippen LogP contribution < -0.4 is 5.32 Å². The maximum atomic E-state index is 12.9. The van der Waals surface area contributed by atoms with Gasteiger partial charge in [-0.3, -0.25) is 9.79 Å². The van der Waals surface area contributed by atoms with E-state index in [9.17, 15) is 10.1 Å². The minimum Gasteiger partial charge on any atom is -0.345 e. The monoisotopic (exact) mass is 403 g/mol. The number of aliphatic imine (C=N–C) groups is 1. The maximum absolute atomic E-state index is 12.9. The van der Waals surface area contributed by atoms with Crippen molar-refractivity contribution in [2.45, 2.75) is 5.92 Å². The molecule has 1 aromatic heterocycles. The summed E-state index contributed by atoms with van der Waals surface area (Å²) < 4.78 is 0. The summed E-state index contributed by atoms with van der Waals surface area (Å²) in [5.74, 6) is -0.686. The summed E-state index contributed by atoms with van der Waals surface area (Å²) >= 11 is 0. The van der Waals surface area contributed by atoms with Crippen LogP contribution in [-0.2, 0) is 4.79 Å². The minimum atomic E-state index is -0.558. The molecule has 1 aliphatic rings. The highest BCUT2D eigenvalue weighted by molar-refractivity contribution is 6.24. The second-order valence-electron chi connectivity index (χ2n) is 7.21. The van der Waals surface area contributed by atoms with E-state index in [-0.39, 0.29) is 5.91 Å². The normalized spacial score (nSPS) is 15.3. The van der Waals surface area contributed by atoms with Gasteiger partial charge in [0.25, 0.3) is 0 Å². The number of H-pyrrole nitrogens is 1. The van der Waals surface area contributed by atoms with E-state index in [1.165, 1.54) is 0 Å². The summed E-state index contributed by atoms with van der Waals surface area (Å²) in [4.78, 5) is 24.9. The number of anilines is 1. The van der Waals surface area contributed by atoms with Crippen molar-refractivity contribution >= 4 is 23.0 Å². The number of amides is 1. The van der Waals surface area contributed by atoms with Crippen LogP contribution >= 0.6 is 0 Å². The number of carbonyl (C=O) groups is 1. The van der Waals surface area contributed by atoms with Crippen molar-refractivity contribution < 1.29 is 4.79 Å². The third-order valence-corrected chi connectivity index (χ3v) is 5.28. The Morgan fingerprint density at radius 2 is 1.87 bits per heavy atom. The fraction of sp³-hybridized carbons (Fsp3) is 0.0400. The highest BCUT2D eigenvalue weighted by Gasteiger charge is 2.35. The number of fused-ring (bicyclic) bond motifs is 1. The molecule has 0 saturated heterocycles. The molecule has 0 bridgehead atoms. The predicted molar refractivity (Wildman–Crippen MR) is 119 cm³/mol. The molecule has 1 amide bonds. The number of aromatic amines is 1. The number of nitrogens with zero attached hydrogens (tertiary/aromatic N) is 3. The highest BCUT2D eigenvalue weighted by Crippen LogP contribution is 2.36. The van der Waals surface area contributed by atoms with E-state index in [0.29, 0.717) is 11.3 Å². The molecule has 4 aromatic rings. The Kier molecular flexibility index (Phi) is 4.62. The molecule has 1 atom stereocenters. The van der Waals surface area contributed by atoms with E-state index < -0.39 is 5.92 Å². The number of rotatable bonds is 4. The molecule has 0 fully saturated rings. The van der Waals surface area contributed by atoms with Crippen LogP contribution in [0.25, 0.3) is 11.3 Å². The van der Waals surface area contributed by atoms with Crippen LogP contribution in [0.15, 0.2) is 90.3 Å². The van der Waals surface area contributed by atoms with Gasteiger partial charge in [-0.1, -0.05) is 42.5 Å². The van der Waals surface area contributed by atoms with Crippen molar-refractivity contribution in [2.75, 3.05) is 5.32 Å². The van der Waals surface area contributed by atoms with Crippen LogP contribution in [0, 0.1) is 11.3 Å². The number of benzene rings is 3. The molecule has 148 valence electrons. The molecule has 2 N–H and O–H groups in total. The van der Waals surface area contributed by atoms with E-state index in [1.807, 2.05) is 60.7 Å². The average Bonchev–Trinajstić information content (AvgIpc) is 3.46. The minimum absolute atomic E-state index is 0.128. The number of nitriles is 1. The van der Waals surface area contributed by atoms with Crippen LogP contribution in [-0.4, -0.2) is 21.6 Å². The van der Waals surface area contributed by atoms with Crippen LogP contribution in [0.3, 0.4) is 0 Å². The van der Waals surface area contributed by atoms with E-state index in [0.717, 1.165) is 33.8 Å². The molecule has 0 spiro atoms.